The number of hydrogen-bond donors (Lipinski definition) is 0. The van der Waals surface area contributed by atoms with Crippen LogP contribution in [0.4, 0.5) is 0 Å². The lowest BCUT2D eigenvalue weighted by molar-refractivity contribution is 0.745. The van der Waals surface area contributed by atoms with Crippen molar-refractivity contribution in [1.82, 2.24) is 20.0 Å². The van der Waals surface area contributed by atoms with Crippen molar-refractivity contribution in [3.63, 3.8) is 0 Å². The number of nitrogens with zero attached hydrogens (tertiary/aromatic N) is 5. The third-order valence-corrected chi connectivity index (χ3v) is 4.08. The molecule has 0 unspecified atom stereocenters. The Kier molecular flexibility index (Phi) is 3.75. The van der Waals surface area contributed by atoms with E-state index >= 15 is 0 Å². The van der Waals surface area contributed by atoms with Crippen LogP contribution in [0, 0.1) is 18.3 Å². The molecule has 3 rings (SSSR count). The molecule has 0 saturated carbocycles. The van der Waals surface area contributed by atoms with Crippen LogP contribution in [0.2, 0.25) is 0 Å². The minimum Gasteiger partial charge on any atom is -0.224 e. The van der Waals surface area contributed by atoms with E-state index in [2.05, 4.69) is 33.5 Å². The van der Waals surface area contributed by atoms with Crippen molar-refractivity contribution in [3.05, 3.63) is 58.4 Å². The highest BCUT2D eigenvalue weighted by atomic mass is 32.1. The van der Waals surface area contributed by atoms with Crippen LogP contribution in [0.1, 0.15) is 22.6 Å². The monoisotopic (exact) mass is 295 g/mol. The van der Waals surface area contributed by atoms with Gasteiger partial charge in [0.1, 0.15) is 6.07 Å². The maximum absolute atomic E-state index is 9.20. The first-order valence-corrected chi connectivity index (χ1v) is 7.47. The predicted molar refractivity (Wildman–Crippen MR) is 80.3 cm³/mol. The Morgan fingerprint density at radius 3 is 2.71 bits per heavy atom. The van der Waals surface area contributed by atoms with Gasteiger partial charge >= 0.3 is 0 Å². The van der Waals surface area contributed by atoms with Crippen LogP contribution in [0.25, 0.3) is 5.13 Å². The minimum atomic E-state index is 0.374. The van der Waals surface area contributed by atoms with E-state index in [1.165, 1.54) is 16.9 Å². The molecule has 2 heterocycles. The summed E-state index contributed by atoms with van der Waals surface area (Å²) in [6.07, 6.45) is 1.55. The summed E-state index contributed by atoms with van der Waals surface area (Å²) in [5.74, 6) is 0. The third-order valence-electron chi connectivity index (χ3n) is 3.15. The zero-order valence-electron chi connectivity index (χ0n) is 11.5. The lowest BCUT2D eigenvalue weighted by Gasteiger charge is -2.03. The fourth-order valence-electron chi connectivity index (χ4n) is 2.11. The standard InChI is InChI=1S/C15H13N5S/c1-11-10-21-15(17-11)20-14(13(9-16)18-19-20)8-7-12-5-3-2-4-6-12/h2-6,10H,7-8H2,1H3. The number of thiazole rings is 1. The lowest BCUT2D eigenvalue weighted by atomic mass is 10.1. The molecule has 0 saturated heterocycles. The number of aryl methyl sites for hydroxylation is 2. The van der Waals surface area contributed by atoms with Crippen LogP contribution in [0.15, 0.2) is 35.7 Å². The van der Waals surface area contributed by atoms with Gasteiger partial charge < -0.3 is 0 Å². The number of rotatable bonds is 4. The molecule has 0 amide bonds. The van der Waals surface area contributed by atoms with E-state index in [1.807, 2.05) is 30.5 Å². The van der Waals surface area contributed by atoms with Gasteiger partial charge in [0.05, 0.1) is 11.4 Å². The van der Waals surface area contributed by atoms with Gasteiger partial charge in [-0.2, -0.15) is 9.94 Å². The number of benzene rings is 1. The summed E-state index contributed by atoms with van der Waals surface area (Å²) in [6, 6.07) is 12.3. The van der Waals surface area contributed by atoms with E-state index in [4.69, 9.17) is 0 Å². The molecule has 1 aromatic carbocycles. The molecule has 0 spiro atoms. The first-order valence-electron chi connectivity index (χ1n) is 6.59. The molecule has 5 nitrogen and oxygen atoms in total. The molecule has 2 aromatic heterocycles. The number of hydrogen-bond acceptors (Lipinski definition) is 5. The zero-order chi connectivity index (χ0) is 14.7. The van der Waals surface area contributed by atoms with Crippen molar-refractivity contribution >= 4 is 11.3 Å². The van der Waals surface area contributed by atoms with Crippen LogP contribution in [0.3, 0.4) is 0 Å². The summed E-state index contributed by atoms with van der Waals surface area (Å²) in [7, 11) is 0. The molecule has 0 aliphatic heterocycles. The normalized spacial score (nSPS) is 10.5. The zero-order valence-corrected chi connectivity index (χ0v) is 12.3. The Morgan fingerprint density at radius 1 is 1.24 bits per heavy atom. The molecule has 6 heteroatoms. The second-order valence-electron chi connectivity index (χ2n) is 4.67. The predicted octanol–water partition coefficient (Wildman–Crippen LogP) is 2.69. The van der Waals surface area contributed by atoms with Crippen LogP contribution in [0.5, 0.6) is 0 Å². The summed E-state index contributed by atoms with van der Waals surface area (Å²) < 4.78 is 1.68. The molecule has 0 radical (unpaired) electrons. The Balaban J connectivity index is 1.90. The van der Waals surface area contributed by atoms with Gasteiger partial charge in [-0.15, -0.1) is 16.4 Å². The highest BCUT2D eigenvalue weighted by Gasteiger charge is 2.16. The summed E-state index contributed by atoms with van der Waals surface area (Å²) in [4.78, 5) is 4.41. The third kappa shape index (κ3) is 2.83. The van der Waals surface area contributed by atoms with Gasteiger partial charge in [-0.3, -0.25) is 0 Å². The van der Waals surface area contributed by atoms with E-state index in [9.17, 15) is 5.26 Å². The van der Waals surface area contributed by atoms with Gasteiger partial charge in [0.15, 0.2) is 5.69 Å². The van der Waals surface area contributed by atoms with Crippen molar-refractivity contribution in [2.75, 3.05) is 0 Å². The van der Waals surface area contributed by atoms with E-state index in [-0.39, 0.29) is 0 Å². The molecule has 0 bridgehead atoms. The number of aromatic nitrogens is 4. The smallest absolute Gasteiger partial charge is 0.212 e. The number of nitriles is 1. The molecule has 0 N–H and O–H groups in total. The van der Waals surface area contributed by atoms with E-state index in [0.29, 0.717) is 12.1 Å². The highest BCUT2D eigenvalue weighted by Crippen LogP contribution is 2.18. The van der Waals surface area contributed by atoms with E-state index < -0.39 is 0 Å². The van der Waals surface area contributed by atoms with Crippen molar-refractivity contribution in [3.8, 4) is 11.2 Å². The molecule has 21 heavy (non-hydrogen) atoms. The average molecular weight is 295 g/mol. The van der Waals surface area contributed by atoms with E-state index in [0.717, 1.165) is 22.9 Å². The molecule has 0 atom stereocenters. The Hall–Kier alpha value is -2.52. The Labute approximate surface area is 126 Å². The van der Waals surface area contributed by atoms with Gasteiger partial charge in [-0.1, -0.05) is 35.5 Å². The van der Waals surface area contributed by atoms with Gasteiger partial charge in [0, 0.05) is 5.38 Å². The molecule has 3 aromatic rings. The van der Waals surface area contributed by atoms with Crippen molar-refractivity contribution in [2.24, 2.45) is 0 Å². The van der Waals surface area contributed by atoms with Crippen molar-refractivity contribution in [2.45, 2.75) is 19.8 Å². The molecule has 0 aliphatic rings. The fraction of sp³-hybridized carbons (Fsp3) is 0.200. The molecule has 0 aliphatic carbocycles. The molecule has 104 valence electrons. The van der Waals surface area contributed by atoms with Crippen molar-refractivity contribution < 1.29 is 0 Å². The van der Waals surface area contributed by atoms with Gasteiger partial charge in [-0.25, -0.2) is 4.98 Å². The second kappa shape index (κ2) is 5.85. The molecular weight excluding hydrogens is 282 g/mol. The van der Waals surface area contributed by atoms with Gasteiger partial charge in [0.2, 0.25) is 5.13 Å². The van der Waals surface area contributed by atoms with Crippen LogP contribution in [-0.2, 0) is 12.8 Å². The van der Waals surface area contributed by atoms with Crippen LogP contribution in [-0.4, -0.2) is 20.0 Å². The fourth-order valence-corrected chi connectivity index (χ4v) is 2.88. The molecular formula is C15H13N5S. The van der Waals surface area contributed by atoms with Crippen LogP contribution < -0.4 is 0 Å². The van der Waals surface area contributed by atoms with E-state index in [1.54, 1.807) is 4.68 Å². The largest absolute Gasteiger partial charge is 0.224 e. The molecule has 0 fully saturated rings. The van der Waals surface area contributed by atoms with Gasteiger partial charge in [0.25, 0.3) is 0 Å². The summed E-state index contributed by atoms with van der Waals surface area (Å²) in [6.45, 7) is 1.94. The topological polar surface area (TPSA) is 67.4 Å². The summed E-state index contributed by atoms with van der Waals surface area (Å²) >= 11 is 1.50. The first-order chi connectivity index (χ1) is 10.3. The van der Waals surface area contributed by atoms with Gasteiger partial charge in [-0.05, 0) is 25.3 Å². The Morgan fingerprint density at radius 2 is 2.05 bits per heavy atom. The maximum Gasteiger partial charge on any atom is 0.212 e. The first kappa shape index (κ1) is 13.5. The Bertz CT molecular complexity index is 782. The quantitative estimate of drug-likeness (QED) is 0.742. The maximum atomic E-state index is 9.20. The van der Waals surface area contributed by atoms with Crippen LogP contribution >= 0.6 is 11.3 Å². The van der Waals surface area contributed by atoms with Crippen molar-refractivity contribution in [1.29, 1.82) is 5.26 Å². The summed E-state index contributed by atoms with van der Waals surface area (Å²) in [5.41, 5.74) is 3.36. The lowest BCUT2D eigenvalue weighted by Crippen LogP contribution is -2.04. The average Bonchev–Trinajstić information content (AvgIpc) is 3.11. The summed E-state index contributed by atoms with van der Waals surface area (Å²) in [5, 5.41) is 19.9. The SMILES string of the molecule is Cc1csc(-n2nnc(C#N)c2CCc2ccccc2)n1. The highest BCUT2D eigenvalue weighted by molar-refractivity contribution is 7.12. The minimum absolute atomic E-state index is 0.374. The second-order valence-corrected chi connectivity index (χ2v) is 5.50.